The number of carbonyl (C=O) groups is 2. The number of nitrogens with zero attached hydrogens (tertiary/aromatic N) is 1. The normalized spacial score (nSPS) is 10.5. The maximum absolute atomic E-state index is 12.6. The number of hydrogen-bond donors (Lipinski definition) is 2. The summed E-state index contributed by atoms with van der Waals surface area (Å²) in [5, 5.41) is 0.678. The first-order valence-electron chi connectivity index (χ1n) is 7.92. The minimum Gasteiger partial charge on any atom is -0.462 e. The third-order valence-electron chi connectivity index (χ3n) is 3.69. The van der Waals surface area contributed by atoms with E-state index in [4.69, 9.17) is 16.2 Å². The van der Waals surface area contributed by atoms with Crippen LogP contribution in [0.3, 0.4) is 0 Å². The van der Waals surface area contributed by atoms with Gasteiger partial charge in [0.25, 0.3) is 0 Å². The fraction of sp³-hybridized carbons (Fsp3) is 0.105. The van der Waals surface area contributed by atoms with E-state index in [2.05, 4.69) is 4.98 Å². The van der Waals surface area contributed by atoms with Crippen LogP contribution >= 0.6 is 11.3 Å². The number of aromatic nitrogens is 1. The van der Waals surface area contributed by atoms with Gasteiger partial charge in [-0.3, -0.25) is 4.79 Å². The second-order valence-electron chi connectivity index (χ2n) is 5.50. The van der Waals surface area contributed by atoms with Crippen LogP contribution in [0.5, 0.6) is 0 Å². The number of rotatable bonds is 5. The highest BCUT2D eigenvalue weighted by Gasteiger charge is 2.17. The van der Waals surface area contributed by atoms with Gasteiger partial charge in [-0.15, -0.1) is 11.3 Å². The van der Waals surface area contributed by atoms with Crippen LogP contribution in [0, 0.1) is 0 Å². The molecule has 0 fully saturated rings. The number of nitrogens with two attached hydrogens (primary N) is 2. The van der Waals surface area contributed by atoms with E-state index in [0.717, 1.165) is 5.56 Å². The lowest BCUT2D eigenvalue weighted by Crippen LogP contribution is -2.04. The first-order chi connectivity index (χ1) is 12.5. The van der Waals surface area contributed by atoms with Gasteiger partial charge in [0.05, 0.1) is 17.0 Å². The summed E-state index contributed by atoms with van der Waals surface area (Å²) in [6.07, 6.45) is 1.53. The Labute approximate surface area is 154 Å². The van der Waals surface area contributed by atoms with Crippen LogP contribution in [0.4, 0.5) is 11.4 Å². The van der Waals surface area contributed by atoms with E-state index in [9.17, 15) is 9.59 Å². The zero-order valence-electron chi connectivity index (χ0n) is 14.1. The van der Waals surface area contributed by atoms with E-state index in [1.807, 2.05) is 0 Å². The highest BCUT2D eigenvalue weighted by molar-refractivity contribution is 7.17. The number of benzene rings is 2. The molecule has 0 saturated heterocycles. The van der Waals surface area contributed by atoms with Gasteiger partial charge in [0.1, 0.15) is 5.01 Å². The van der Waals surface area contributed by atoms with E-state index in [0.29, 0.717) is 39.0 Å². The highest BCUT2D eigenvalue weighted by Crippen LogP contribution is 2.28. The van der Waals surface area contributed by atoms with Gasteiger partial charge >= 0.3 is 5.97 Å². The van der Waals surface area contributed by atoms with E-state index in [1.54, 1.807) is 49.4 Å². The minimum absolute atomic E-state index is 0.200. The molecular weight excluding hydrogens is 350 g/mol. The number of thiazole rings is 1. The molecule has 0 spiro atoms. The Hall–Kier alpha value is -3.19. The van der Waals surface area contributed by atoms with Gasteiger partial charge in [0.2, 0.25) is 5.78 Å². The van der Waals surface area contributed by atoms with Crippen LogP contribution in [-0.2, 0) is 4.74 Å². The quantitative estimate of drug-likeness (QED) is 0.406. The third-order valence-corrected chi connectivity index (χ3v) is 4.74. The van der Waals surface area contributed by atoms with Crippen molar-refractivity contribution in [3.05, 3.63) is 64.7 Å². The summed E-state index contributed by atoms with van der Waals surface area (Å²) < 4.78 is 4.96. The molecule has 2 aromatic carbocycles. The smallest absolute Gasteiger partial charge is 0.338 e. The van der Waals surface area contributed by atoms with Crippen molar-refractivity contribution in [2.75, 3.05) is 18.1 Å². The first kappa shape index (κ1) is 17.6. The minimum atomic E-state index is -0.368. The van der Waals surface area contributed by atoms with Crippen LogP contribution < -0.4 is 11.5 Å². The van der Waals surface area contributed by atoms with E-state index < -0.39 is 0 Å². The number of esters is 1. The average molecular weight is 367 g/mol. The third kappa shape index (κ3) is 3.57. The summed E-state index contributed by atoms with van der Waals surface area (Å²) in [6.45, 7) is 2.08. The second kappa shape index (κ2) is 7.37. The number of ketones is 1. The predicted molar refractivity (Wildman–Crippen MR) is 102 cm³/mol. The molecule has 3 aromatic rings. The maximum atomic E-state index is 12.6. The molecule has 0 bridgehead atoms. The van der Waals surface area contributed by atoms with Crippen LogP contribution in [-0.4, -0.2) is 23.3 Å². The average Bonchev–Trinajstić information content (AvgIpc) is 3.12. The van der Waals surface area contributed by atoms with Gasteiger partial charge in [0.15, 0.2) is 0 Å². The number of hydrogen-bond acceptors (Lipinski definition) is 7. The largest absolute Gasteiger partial charge is 0.462 e. The second-order valence-corrected chi connectivity index (χ2v) is 6.53. The summed E-state index contributed by atoms with van der Waals surface area (Å²) in [5.41, 5.74) is 14.1. The number of nitrogen functional groups attached to an aromatic ring is 2. The molecule has 0 saturated carbocycles. The SMILES string of the molecule is CCOC(=O)c1ccc(-c2ncc(C(=O)c3ccc(N)cc3N)s2)cc1. The van der Waals surface area contributed by atoms with Crippen molar-refractivity contribution in [3.63, 3.8) is 0 Å². The van der Waals surface area contributed by atoms with Crippen molar-refractivity contribution >= 4 is 34.5 Å². The zero-order chi connectivity index (χ0) is 18.7. The Morgan fingerprint density at radius 3 is 2.50 bits per heavy atom. The molecule has 0 aliphatic carbocycles. The number of carbonyl (C=O) groups excluding carboxylic acids is 2. The van der Waals surface area contributed by atoms with Crippen LogP contribution in [0.25, 0.3) is 10.6 Å². The Kier molecular flexibility index (Phi) is 4.99. The van der Waals surface area contributed by atoms with Crippen molar-refractivity contribution in [3.8, 4) is 10.6 Å². The van der Waals surface area contributed by atoms with Gasteiger partial charge in [0, 0.05) is 28.7 Å². The van der Waals surface area contributed by atoms with Crippen LogP contribution in [0.1, 0.15) is 32.5 Å². The molecule has 0 radical (unpaired) electrons. The molecular formula is C19H17N3O3S. The molecule has 26 heavy (non-hydrogen) atoms. The fourth-order valence-electron chi connectivity index (χ4n) is 2.40. The lowest BCUT2D eigenvalue weighted by atomic mass is 10.1. The van der Waals surface area contributed by atoms with Crippen LogP contribution in [0.2, 0.25) is 0 Å². The Morgan fingerprint density at radius 2 is 1.85 bits per heavy atom. The zero-order valence-corrected chi connectivity index (χ0v) is 14.9. The number of anilines is 2. The van der Waals surface area contributed by atoms with E-state index >= 15 is 0 Å². The van der Waals surface area contributed by atoms with Crippen molar-refractivity contribution < 1.29 is 14.3 Å². The lowest BCUT2D eigenvalue weighted by Gasteiger charge is -2.04. The summed E-state index contributed by atoms with van der Waals surface area (Å²) >= 11 is 1.26. The van der Waals surface area contributed by atoms with E-state index in [-0.39, 0.29) is 11.8 Å². The maximum Gasteiger partial charge on any atom is 0.338 e. The monoisotopic (exact) mass is 367 g/mol. The lowest BCUT2D eigenvalue weighted by molar-refractivity contribution is 0.0526. The van der Waals surface area contributed by atoms with Gasteiger partial charge < -0.3 is 16.2 Å². The summed E-state index contributed by atoms with van der Waals surface area (Å²) in [4.78, 5) is 29.1. The first-order valence-corrected chi connectivity index (χ1v) is 8.74. The van der Waals surface area contributed by atoms with Gasteiger partial charge in [-0.25, -0.2) is 9.78 Å². The highest BCUT2D eigenvalue weighted by atomic mass is 32.1. The standard InChI is InChI=1S/C19H17N3O3S/c1-2-25-19(24)12-5-3-11(4-6-12)18-22-10-16(26-18)17(23)14-8-7-13(20)9-15(14)21/h3-10H,2,20-21H2,1H3. The van der Waals surface area contributed by atoms with Gasteiger partial charge in [-0.1, -0.05) is 12.1 Å². The molecule has 7 heteroatoms. The molecule has 0 amide bonds. The molecule has 0 unspecified atom stereocenters. The molecule has 4 N–H and O–H groups in total. The Bertz CT molecular complexity index is 964. The van der Waals surface area contributed by atoms with E-state index in [1.165, 1.54) is 17.5 Å². The molecule has 6 nitrogen and oxygen atoms in total. The number of ether oxygens (including phenoxy) is 1. The molecule has 1 aromatic heterocycles. The Morgan fingerprint density at radius 1 is 1.12 bits per heavy atom. The summed E-state index contributed by atoms with van der Waals surface area (Å²) in [6, 6.07) is 11.7. The molecule has 1 heterocycles. The van der Waals surface area contributed by atoms with Crippen molar-refractivity contribution in [1.29, 1.82) is 0 Å². The molecule has 132 valence electrons. The molecule has 0 aliphatic rings. The van der Waals surface area contributed by atoms with Gasteiger partial charge in [-0.05, 0) is 37.3 Å². The fourth-order valence-corrected chi connectivity index (χ4v) is 3.27. The van der Waals surface area contributed by atoms with Gasteiger partial charge in [-0.2, -0.15) is 0 Å². The summed E-state index contributed by atoms with van der Waals surface area (Å²) in [5.74, 6) is -0.567. The molecule has 3 rings (SSSR count). The van der Waals surface area contributed by atoms with Crippen molar-refractivity contribution in [2.24, 2.45) is 0 Å². The van der Waals surface area contributed by atoms with Crippen molar-refractivity contribution in [2.45, 2.75) is 6.92 Å². The van der Waals surface area contributed by atoms with Crippen molar-refractivity contribution in [1.82, 2.24) is 4.98 Å². The summed E-state index contributed by atoms with van der Waals surface area (Å²) in [7, 11) is 0. The predicted octanol–water partition coefficient (Wildman–Crippen LogP) is 3.38. The topological polar surface area (TPSA) is 108 Å². The van der Waals surface area contributed by atoms with Crippen LogP contribution in [0.15, 0.2) is 48.7 Å². The molecule has 0 aliphatic heterocycles. The Balaban J connectivity index is 1.83. The molecule has 0 atom stereocenters.